The summed E-state index contributed by atoms with van der Waals surface area (Å²) in [6.07, 6.45) is 6.50. The van der Waals surface area contributed by atoms with E-state index in [0.29, 0.717) is 6.04 Å². The molecular weight excluding hydrogens is 276 g/mol. The molecule has 2 fully saturated rings. The summed E-state index contributed by atoms with van der Waals surface area (Å²) in [5.41, 5.74) is 1.59. The lowest BCUT2D eigenvalue weighted by molar-refractivity contribution is 0.0674. The van der Waals surface area contributed by atoms with Crippen molar-refractivity contribution in [1.29, 1.82) is 0 Å². The van der Waals surface area contributed by atoms with Crippen LogP contribution in [0, 0.1) is 12.8 Å². The zero-order valence-electron chi connectivity index (χ0n) is 11.9. The van der Waals surface area contributed by atoms with Crippen LogP contribution in [-0.2, 0) is 0 Å². The number of amides is 1. The molecule has 0 radical (unpaired) electrons. The van der Waals surface area contributed by atoms with E-state index < -0.39 is 0 Å². The molecule has 2 saturated heterocycles. The molecule has 0 aliphatic carbocycles. The van der Waals surface area contributed by atoms with Crippen molar-refractivity contribution >= 4 is 18.3 Å². The number of hydrogen-bond acceptors (Lipinski definition) is 3. The number of rotatable bonds is 2. The smallest absolute Gasteiger partial charge is 0.257 e. The minimum absolute atomic E-state index is 0. The van der Waals surface area contributed by atoms with Crippen molar-refractivity contribution in [2.75, 3.05) is 19.6 Å². The van der Waals surface area contributed by atoms with Crippen LogP contribution in [0.4, 0.5) is 0 Å². The Morgan fingerprint density at radius 1 is 1.35 bits per heavy atom. The molecule has 3 rings (SSSR count). The molecule has 0 bridgehead atoms. The SMILES string of the molecule is Cc1[nH]ncc1C(=O)N1CCC(C2CCCN2)CC1.Cl. The van der Waals surface area contributed by atoms with Crippen molar-refractivity contribution in [2.24, 2.45) is 5.92 Å². The highest BCUT2D eigenvalue weighted by molar-refractivity contribution is 5.95. The lowest BCUT2D eigenvalue weighted by atomic mass is 9.88. The number of aromatic nitrogens is 2. The first-order chi connectivity index (χ1) is 9.25. The van der Waals surface area contributed by atoms with E-state index in [2.05, 4.69) is 15.5 Å². The van der Waals surface area contributed by atoms with E-state index in [1.54, 1.807) is 6.20 Å². The molecule has 1 aromatic heterocycles. The fourth-order valence-corrected chi connectivity index (χ4v) is 3.36. The van der Waals surface area contributed by atoms with Crippen LogP contribution in [0.3, 0.4) is 0 Å². The molecule has 0 aromatic carbocycles. The number of nitrogens with one attached hydrogen (secondary N) is 2. The predicted octanol–water partition coefficient (Wildman–Crippen LogP) is 1.74. The first-order valence-electron chi connectivity index (χ1n) is 7.28. The molecule has 5 nitrogen and oxygen atoms in total. The van der Waals surface area contributed by atoms with Crippen LogP contribution < -0.4 is 5.32 Å². The molecular formula is C14H23ClN4O. The van der Waals surface area contributed by atoms with Crippen molar-refractivity contribution in [1.82, 2.24) is 20.4 Å². The van der Waals surface area contributed by atoms with Gasteiger partial charge in [-0.3, -0.25) is 9.89 Å². The molecule has 20 heavy (non-hydrogen) atoms. The zero-order valence-corrected chi connectivity index (χ0v) is 12.7. The fourth-order valence-electron chi connectivity index (χ4n) is 3.36. The van der Waals surface area contributed by atoms with Gasteiger partial charge in [-0.25, -0.2) is 0 Å². The lowest BCUT2D eigenvalue weighted by Gasteiger charge is -2.34. The predicted molar refractivity (Wildman–Crippen MR) is 80.2 cm³/mol. The van der Waals surface area contributed by atoms with Gasteiger partial charge >= 0.3 is 0 Å². The number of nitrogens with zero attached hydrogens (tertiary/aromatic N) is 2. The molecule has 112 valence electrons. The van der Waals surface area contributed by atoms with Gasteiger partial charge in [0.1, 0.15) is 0 Å². The normalized spacial score (nSPS) is 23.6. The van der Waals surface area contributed by atoms with Crippen LogP contribution in [0.1, 0.15) is 41.7 Å². The van der Waals surface area contributed by atoms with Gasteiger partial charge in [0, 0.05) is 24.8 Å². The molecule has 1 aromatic rings. The summed E-state index contributed by atoms with van der Waals surface area (Å²) in [4.78, 5) is 14.3. The average molecular weight is 299 g/mol. The van der Waals surface area contributed by atoms with Gasteiger partial charge in [0.05, 0.1) is 11.8 Å². The molecule has 1 amide bonds. The number of carbonyl (C=O) groups is 1. The maximum Gasteiger partial charge on any atom is 0.257 e. The van der Waals surface area contributed by atoms with Gasteiger partial charge in [-0.2, -0.15) is 5.10 Å². The second-order valence-corrected chi connectivity index (χ2v) is 5.74. The summed E-state index contributed by atoms with van der Waals surface area (Å²) >= 11 is 0. The summed E-state index contributed by atoms with van der Waals surface area (Å²) in [5, 5.41) is 10.4. The average Bonchev–Trinajstić information content (AvgIpc) is 3.09. The molecule has 6 heteroatoms. The third-order valence-corrected chi connectivity index (χ3v) is 4.55. The summed E-state index contributed by atoms with van der Waals surface area (Å²) < 4.78 is 0. The van der Waals surface area contributed by atoms with Crippen molar-refractivity contribution in [3.63, 3.8) is 0 Å². The maximum absolute atomic E-state index is 12.4. The number of aromatic amines is 1. The highest BCUT2D eigenvalue weighted by atomic mass is 35.5. The Kier molecular flexibility index (Phi) is 5.05. The standard InChI is InChI=1S/C14H22N4O.ClH/c1-10-12(9-16-17-10)14(19)18-7-4-11(5-8-18)13-3-2-6-15-13;/h9,11,13,15H,2-8H2,1H3,(H,16,17);1H. The summed E-state index contributed by atoms with van der Waals surface area (Å²) in [5.74, 6) is 0.876. The molecule has 0 spiro atoms. The lowest BCUT2D eigenvalue weighted by Crippen LogP contribution is -2.43. The Labute approximate surface area is 125 Å². The van der Waals surface area contributed by atoms with E-state index in [1.165, 1.54) is 12.8 Å². The Bertz CT molecular complexity index is 448. The van der Waals surface area contributed by atoms with Crippen LogP contribution in [-0.4, -0.2) is 46.7 Å². The van der Waals surface area contributed by atoms with Crippen LogP contribution in [0.25, 0.3) is 0 Å². The van der Waals surface area contributed by atoms with Crippen molar-refractivity contribution < 1.29 is 4.79 Å². The molecule has 1 atom stereocenters. The number of carbonyl (C=O) groups excluding carboxylic acids is 1. The van der Waals surface area contributed by atoms with E-state index >= 15 is 0 Å². The zero-order chi connectivity index (χ0) is 13.2. The molecule has 3 heterocycles. The summed E-state index contributed by atoms with van der Waals surface area (Å²) in [6.45, 7) is 4.83. The third-order valence-electron chi connectivity index (χ3n) is 4.55. The minimum atomic E-state index is 0. The van der Waals surface area contributed by atoms with Gasteiger partial charge < -0.3 is 10.2 Å². The van der Waals surface area contributed by atoms with E-state index in [1.807, 2.05) is 11.8 Å². The quantitative estimate of drug-likeness (QED) is 0.874. The monoisotopic (exact) mass is 298 g/mol. The van der Waals surface area contributed by atoms with Gasteiger partial charge in [-0.05, 0) is 45.1 Å². The fraction of sp³-hybridized carbons (Fsp3) is 0.714. The summed E-state index contributed by atoms with van der Waals surface area (Å²) in [7, 11) is 0. The van der Waals surface area contributed by atoms with Crippen molar-refractivity contribution in [3.8, 4) is 0 Å². The Balaban J connectivity index is 0.00000147. The first-order valence-corrected chi connectivity index (χ1v) is 7.28. The van der Waals surface area contributed by atoms with Gasteiger partial charge in [-0.1, -0.05) is 0 Å². The molecule has 0 saturated carbocycles. The Hall–Kier alpha value is -1.07. The topological polar surface area (TPSA) is 61.0 Å². The van der Waals surface area contributed by atoms with Crippen LogP contribution in [0.15, 0.2) is 6.20 Å². The van der Waals surface area contributed by atoms with E-state index in [9.17, 15) is 4.79 Å². The third kappa shape index (κ3) is 2.99. The number of piperidine rings is 1. The van der Waals surface area contributed by atoms with Crippen LogP contribution in [0.2, 0.25) is 0 Å². The number of hydrogen-bond donors (Lipinski definition) is 2. The highest BCUT2D eigenvalue weighted by Crippen LogP contribution is 2.26. The van der Waals surface area contributed by atoms with E-state index in [0.717, 1.165) is 49.7 Å². The van der Waals surface area contributed by atoms with Crippen molar-refractivity contribution in [3.05, 3.63) is 17.5 Å². The van der Waals surface area contributed by atoms with Gasteiger partial charge in [0.15, 0.2) is 0 Å². The maximum atomic E-state index is 12.4. The second-order valence-electron chi connectivity index (χ2n) is 5.74. The number of likely N-dealkylation sites (tertiary alicyclic amines) is 1. The Morgan fingerprint density at radius 2 is 2.10 bits per heavy atom. The highest BCUT2D eigenvalue weighted by Gasteiger charge is 2.30. The molecule has 1 unspecified atom stereocenters. The number of halogens is 1. The summed E-state index contributed by atoms with van der Waals surface area (Å²) in [6, 6.07) is 0.688. The Morgan fingerprint density at radius 3 is 2.65 bits per heavy atom. The largest absolute Gasteiger partial charge is 0.339 e. The first kappa shape index (κ1) is 15.3. The van der Waals surface area contributed by atoms with Gasteiger partial charge in [0.25, 0.3) is 5.91 Å². The van der Waals surface area contributed by atoms with Gasteiger partial charge in [-0.15, -0.1) is 12.4 Å². The van der Waals surface area contributed by atoms with Crippen LogP contribution >= 0.6 is 12.4 Å². The second kappa shape index (κ2) is 6.59. The number of H-pyrrole nitrogens is 1. The minimum Gasteiger partial charge on any atom is -0.339 e. The van der Waals surface area contributed by atoms with Crippen LogP contribution in [0.5, 0.6) is 0 Å². The van der Waals surface area contributed by atoms with Crippen molar-refractivity contribution in [2.45, 2.75) is 38.6 Å². The molecule has 2 N–H and O–H groups in total. The number of aryl methyl sites for hydroxylation is 1. The molecule has 2 aliphatic heterocycles. The van der Waals surface area contributed by atoms with E-state index in [4.69, 9.17) is 0 Å². The van der Waals surface area contributed by atoms with Gasteiger partial charge in [0.2, 0.25) is 0 Å². The molecule has 2 aliphatic rings. The van der Waals surface area contributed by atoms with E-state index in [-0.39, 0.29) is 18.3 Å².